The maximum Gasteiger partial charge on any atom is 0.405 e. The van der Waals surface area contributed by atoms with Gasteiger partial charge in [-0.3, -0.25) is 4.79 Å². The number of nitrogens with one attached hydrogen (secondary N) is 1. The molecule has 0 spiro atoms. The van der Waals surface area contributed by atoms with Crippen LogP contribution < -0.4 is 5.32 Å². The minimum Gasteiger partial charge on any atom is -0.465 e. The monoisotopic (exact) mass is 187 g/mol. The molecule has 0 aliphatic rings. The van der Waals surface area contributed by atoms with Gasteiger partial charge in [0.05, 0.1) is 6.34 Å². The molecule has 2 amide bonds. The Morgan fingerprint density at radius 1 is 1.54 bits per heavy atom. The lowest BCUT2D eigenvalue weighted by molar-refractivity contribution is -0.119. The molecule has 0 aromatic rings. The minimum atomic E-state index is -1.24. The summed E-state index contributed by atoms with van der Waals surface area (Å²) in [6, 6.07) is -0.811. The van der Waals surface area contributed by atoms with Crippen LogP contribution in [0.2, 0.25) is 0 Å². The Kier molecular flexibility index (Phi) is 4.50. The van der Waals surface area contributed by atoms with Crippen LogP contribution >= 0.6 is 0 Å². The molecule has 0 rings (SSSR count). The van der Waals surface area contributed by atoms with E-state index in [9.17, 15) is 9.59 Å². The normalized spacial score (nSPS) is 12.5. The van der Waals surface area contributed by atoms with Crippen LogP contribution in [0.4, 0.5) is 4.79 Å². The Balaban J connectivity index is 4.03. The third-order valence-electron chi connectivity index (χ3n) is 1.13. The van der Waals surface area contributed by atoms with Gasteiger partial charge in [0.2, 0.25) is 0 Å². The number of hydrogen-bond donors (Lipinski definition) is 2. The summed E-state index contributed by atoms with van der Waals surface area (Å²) in [4.78, 5) is 26.3. The van der Waals surface area contributed by atoms with E-state index < -0.39 is 18.0 Å². The Labute approximate surface area is 76.3 Å². The van der Waals surface area contributed by atoms with E-state index in [0.717, 1.165) is 0 Å². The fourth-order valence-corrected chi connectivity index (χ4v) is 0.531. The Morgan fingerprint density at radius 3 is 2.46 bits per heavy atom. The van der Waals surface area contributed by atoms with Crippen LogP contribution in [-0.4, -0.2) is 48.5 Å². The van der Waals surface area contributed by atoms with Crippen LogP contribution in [0.1, 0.15) is 6.92 Å². The highest BCUT2D eigenvalue weighted by Gasteiger charge is 2.12. The zero-order valence-electron chi connectivity index (χ0n) is 7.81. The highest BCUT2D eigenvalue weighted by molar-refractivity contribution is 5.90. The van der Waals surface area contributed by atoms with Gasteiger partial charge in [0.15, 0.2) is 0 Å². The second-order valence-corrected chi connectivity index (χ2v) is 2.72. The fraction of sp³-hybridized carbons (Fsp3) is 0.571. The van der Waals surface area contributed by atoms with Crippen molar-refractivity contribution in [1.82, 2.24) is 10.2 Å². The van der Waals surface area contributed by atoms with Gasteiger partial charge in [0.25, 0.3) is 5.91 Å². The van der Waals surface area contributed by atoms with Gasteiger partial charge >= 0.3 is 6.09 Å². The van der Waals surface area contributed by atoms with Crippen molar-refractivity contribution < 1.29 is 14.7 Å². The van der Waals surface area contributed by atoms with Crippen LogP contribution in [0.5, 0.6) is 0 Å². The predicted molar refractivity (Wildman–Crippen MR) is 47.8 cm³/mol. The molecule has 0 bridgehead atoms. The molecule has 0 radical (unpaired) electrons. The smallest absolute Gasteiger partial charge is 0.405 e. The molecular weight excluding hydrogens is 174 g/mol. The second kappa shape index (κ2) is 5.13. The topological polar surface area (TPSA) is 82.0 Å². The van der Waals surface area contributed by atoms with Crippen LogP contribution in [0.25, 0.3) is 0 Å². The quantitative estimate of drug-likeness (QED) is 0.472. The third kappa shape index (κ3) is 5.66. The van der Waals surface area contributed by atoms with E-state index in [4.69, 9.17) is 5.11 Å². The lowest BCUT2D eigenvalue weighted by Gasteiger charge is -2.07. The summed E-state index contributed by atoms with van der Waals surface area (Å²) < 4.78 is 0. The highest BCUT2D eigenvalue weighted by atomic mass is 16.4. The lowest BCUT2D eigenvalue weighted by atomic mass is 10.3. The van der Waals surface area contributed by atoms with Crippen LogP contribution in [-0.2, 0) is 4.79 Å². The number of hydrogen-bond acceptors (Lipinski definition) is 2. The zero-order valence-corrected chi connectivity index (χ0v) is 7.81. The summed E-state index contributed by atoms with van der Waals surface area (Å²) in [5, 5.41) is 10.3. The zero-order chi connectivity index (χ0) is 10.4. The predicted octanol–water partition coefficient (Wildman–Crippen LogP) is -0.241. The Morgan fingerprint density at radius 2 is 2.08 bits per heavy atom. The summed E-state index contributed by atoms with van der Waals surface area (Å²) in [6.07, 6.45) is 0.0865. The molecule has 0 aliphatic heterocycles. The molecule has 1 atom stereocenters. The van der Waals surface area contributed by atoms with Gasteiger partial charge < -0.3 is 15.3 Å². The fourth-order valence-electron chi connectivity index (χ4n) is 0.531. The standard InChI is InChI=1S/C7H13N3O3/c1-5(9-7(12)13)6(11)8-4-10(2)3/h4-5,9H,1-3H3,(H,12,13)/t5-/m0/s1. The first-order chi connectivity index (χ1) is 5.93. The first kappa shape index (κ1) is 11.4. The maximum atomic E-state index is 11.0. The molecule has 0 aliphatic carbocycles. The first-order valence-electron chi connectivity index (χ1n) is 3.67. The van der Waals surface area contributed by atoms with Crippen molar-refractivity contribution in [1.29, 1.82) is 0 Å². The molecule has 2 N–H and O–H groups in total. The molecule has 6 nitrogen and oxygen atoms in total. The SMILES string of the molecule is C[C@H](NC(=O)O)C(=O)N=CN(C)C. The molecule has 0 fully saturated rings. The maximum absolute atomic E-state index is 11.0. The van der Waals surface area contributed by atoms with E-state index in [1.165, 1.54) is 13.3 Å². The van der Waals surface area contributed by atoms with Crippen molar-refractivity contribution in [3.63, 3.8) is 0 Å². The van der Waals surface area contributed by atoms with E-state index in [1.54, 1.807) is 19.0 Å². The minimum absolute atomic E-state index is 0.517. The Bertz CT molecular complexity index is 225. The summed E-state index contributed by atoms with van der Waals surface area (Å²) >= 11 is 0. The molecule has 74 valence electrons. The van der Waals surface area contributed by atoms with Gasteiger partial charge in [0.1, 0.15) is 6.04 Å². The lowest BCUT2D eigenvalue weighted by Crippen LogP contribution is -2.36. The van der Waals surface area contributed by atoms with E-state index >= 15 is 0 Å². The average Bonchev–Trinajstić information content (AvgIpc) is 1.98. The number of amides is 2. The number of aliphatic imine (C=N–C) groups is 1. The molecule has 0 saturated carbocycles. The van der Waals surface area contributed by atoms with Gasteiger partial charge in [-0.2, -0.15) is 0 Å². The molecule has 0 aromatic carbocycles. The van der Waals surface area contributed by atoms with Crippen molar-refractivity contribution in [3.8, 4) is 0 Å². The van der Waals surface area contributed by atoms with Gasteiger partial charge in [-0.15, -0.1) is 0 Å². The van der Waals surface area contributed by atoms with Crippen molar-refractivity contribution in [2.75, 3.05) is 14.1 Å². The molecule has 0 saturated heterocycles. The number of nitrogens with zero attached hydrogens (tertiary/aromatic N) is 2. The summed E-state index contributed by atoms with van der Waals surface area (Å²) in [6.45, 7) is 1.43. The van der Waals surface area contributed by atoms with Crippen molar-refractivity contribution in [3.05, 3.63) is 0 Å². The van der Waals surface area contributed by atoms with Crippen LogP contribution in [0.15, 0.2) is 4.99 Å². The van der Waals surface area contributed by atoms with Crippen molar-refractivity contribution in [2.45, 2.75) is 13.0 Å². The first-order valence-corrected chi connectivity index (χ1v) is 3.67. The largest absolute Gasteiger partial charge is 0.465 e. The molecule has 0 aromatic heterocycles. The number of carbonyl (C=O) groups is 2. The number of carbonyl (C=O) groups excluding carboxylic acids is 1. The number of rotatable bonds is 3. The molecule has 13 heavy (non-hydrogen) atoms. The Hall–Kier alpha value is -1.59. The van der Waals surface area contributed by atoms with E-state index in [0.29, 0.717) is 0 Å². The summed E-state index contributed by atoms with van der Waals surface area (Å²) in [5.74, 6) is -0.517. The van der Waals surface area contributed by atoms with Crippen LogP contribution in [0.3, 0.4) is 0 Å². The van der Waals surface area contributed by atoms with Gasteiger partial charge in [0, 0.05) is 14.1 Å². The van der Waals surface area contributed by atoms with Crippen molar-refractivity contribution >= 4 is 18.3 Å². The van der Waals surface area contributed by atoms with E-state index in [-0.39, 0.29) is 0 Å². The van der Waals surface area contributed by atoms with E-state index in [2.05, 4.69) is 4.99 Å². The van der Waals surface area contributed by atoms with Gasteiger partial charge in [-0.1, -0.05) is 0 Å². The van der Waals surface area contributed by atoms with Gasteiger partial charge in [-0.05, 0) is 6.92 Å². The molecule has 6 heteroatoms. The third-order valence-corrected chi connectivity index (χ3v) is 1.13. The highest BCUT2D eigenvalue weighted by Crippen LogP contribution is 1.86. The van der Waals surface area contributed by atoms with Crippen molar-refractivity contribution in [2.24, 2.45) is 4.99 Å². The molecule has 0 heterocycles. The summed E-state index contributed by atoms with van der Waals surface area (Å²) in [7, 11) is 3.43. The molecule has 0 unspecified atom stereocenters. The van der Waals surface area contributed by atoms with Crippen LogP contribution in [0, 0.1) is 0 Å². The molecular formula is C7H13N3O3. The average molecular weight is 187 g/mol. The number of carboxylic acid groups (broad SMARTS) is 1. The van der Waals surface area contributed by atoms with Gasteiger partial charge in [-0.25, -0.2) is 9.79 Å². The second-order valence-electron chi connectivity index (χ2n) is 2.72. The van der Waals surface area contributed by atoms with E-state index in [1.807, 2.05) is 5.32 Å². The summed E-state index contributed by atoms with van der Waals surface area (Å²) in [5.41, 5.74) is 0.